The SMILES string of the molecule is Cc1ccc2c3c1OC1c4c(c5ccc6cccc7c6c5n4CC7)C[C@@]4(O)[C@@H](C2)N(CC2CC2)CC[C@]314. The number of aliphatic hydroxyl groups is 1. The molecule has 4 aromatic rings. The van der Waals surface area contributed by atoms with E-state index < -0.39 is 5.60 Å². The zero-order valence-corrected chi connectivity index (χ0v) is 21.4. The molecule has 1 saturated heterocycles. The second-order valence-corrected chi connectivity index (χ2v) is 13.0. The molecule has 4 nitrogen and oxygen atoms in total. The molecule has 186 valence electrons. The number of piperidine rings is 1. The Bertz CT molecular complexity index is 1710. The number of rotatable bonds is 2. The van der Waals surface area contributed by atoms with Gasteiger partial charge in [0.1, 0.15) is 5.75 Å². The second kappa shape index (κ2) is 6.24. The van der Waals surface area contributed by atoms with Crippen molar-refractivity contribution < 1.29 is 9.84 Å². The number of ether oxygens (including phenoxy) is 1. The summed E-state index contributed by atoms with van der Waals surface area (Å²) in [5.41, 5.74) is 8.37. The van der Waals surface area contributed by atoms with E-state index in [0.29, 0.717) is 0 Å². The first-order valence-corrected chi connectivity index (χ1v) is 14.4. The van der Waals surface area contributed by atoms with E-state index in [1.54, 1.807) is 0 Å². The molecule has 1 saturated carbocycles. The summed E-state index contributed by atoms with van der Waals surface area (Å²) in [6, 6.07) is 16.2. The fourth-order valence-electron chi connectivity index (χ4n) is 9.61. The number of aromatic nitrogens is 1. The van der Waals surface area contributed by atoms with Crippen LogP contribution in [0.3, 0.4) is 0 Å². The van der Waals surface area contributed by atoms with Crippen molar-refractivity contribution in [2.75, 3.05) is 13.1 Å². The van der Waals surface area contributed by atoms with Gasteiger partial charge < -0.3 is 14.4 Å². The summed E-state index contributed by atoms with van der Waals surface area (Å²) in [6.07, 6.45) is 6.30. The average Bonchev–Trinajstić information content (AvgIpc) is 3.56. The van der Waals surface area contributed by atoms with Crippen molar-refractivity contribution in [2.45, 2.75) is 75.2 Å². The van der Waals surface area contributed by atoms with Crippen molar-refractivity contribution >= 4 is 21.7 Å². The highest BCUT2D eigenvalue weighted by atomic mass is 16.5. The second-order valence-electron chi connectivity index (χ2n) is 13.0. The van der Waals surface area contributed by atoms with Gasteiger partial charge in [-0.2, -0.15) is 0 Å². The van der Waals surface area contributed by atoms with E-state index in [0.717, 1.165) is 57.0 Å². The highest BCUT2D eigenvalue weighted by molar-refractivity contribution is 6.10. The first-order chi connectivity index (χ1) is 18.1. The van der Waals surface area contributed by atoms with Crippen molar-refractivity contribution in [2.24, 2.45) is 5.92 Å². The Hall–Kier alpha value is -2.82. The van der Waals surface area contributed by atoms with Gasteiger partial charge in [0.25, 0.3) is 0 Å². The van der Waals surface area contributed by atoms with Crippen LogP contribution in [0.15, 0.2) is 42.5 Å². The van der Waals surface area contributed by atoms with Crippen LogP contribution in [0.25, 0.3) is 21.7 Å². The molecule has 3 aromatic carbocycles. The van der Waals surface area contributed by atoms with Gasteiger partial charge in [-0.3, -0.25) is 4.90 Å². The van der Waals surface area contributed by atoms with Gasteiger partial charge in [0.15, 0.2) is 6.10 Å². The summed E-state index contributed by atoms with van der Waals surface area (Å²) in [6.45, 7) is 5.40. The van der Waals surface area contributed by atoms with Crippen LogP contribution in [-0.4, -0.2) is 39.3 Å². The van der Waals surface area contributed by atoms with Gasteiger partial charge in [0.2, 0.25) is 0 Å². The third kappa shape index (κ3) is 2.13. The first kappa shape index (κ1) is 20.2. The fourth-order valence-corrected chi connectivity index (χ4v) is 9.61. The topological polar surface area (TPSA) is 37.6 Å². The summed E-state index contributed by atoms with van der Waals surface area (Å²) in [4.78, 5) is 2.68. The number of nitrogens with zero attached hydrogens (tertiary/aromatic N) is 2. The summed E-state index contributed by atoms with van der Waals surface area (Å²) in [7, 11) is 0. The standard InChI is InChI=1S/C33H32N2O2/c1-18-5-8-22-15-25-33(36)16-24-23-10-9-20-3-2-4-21-11-13-35(28(23)26(20)21)29(24)31-32(33,27(22)30(18)37-31)12-14-34(25)17-19-6-7-19/h2-5,8-10,19,25,31,36H,6-7,11-17H2,1H3/t25-,31?,32+,33-/m1/s1. The van der Waals surface area contributed by atoms with Crippen LogP contribution in [0.2, 0.25) is 0 Å². The number of hydrogen-bond donors (Lipinski definition) is 1. The Morgan fingerprint density at radius 1 is 1.05 bits per heavy atom. The molecule has 0 radical (unpaired) electrons. The van der Waals surface area contributed by atoms with Crippen molar-refractivity contribution in [1.29, 1.82) is 0 Å². The summed E-state index contributed by atoms with van der Waals surface area (Å²) < 4.78 is 9.75. The predicted octanol–water partition coefficient (Wildman–Crippen LogP) is 5.36. The molecular weight excluding hydrogens is 456 g/mol. The normalized spacial score (nSPS) is 32.6. The van der Waals surface area contributed by atoms with E-state index in [4.69, 9.17) is 4.74 Å². The predicted molar refractivity (Wildman–Crippen MR) is 144 cm³/mol. The highest BCUT2D eigenvalue weighted by Crippen LogP contribution is 2.69. The molecule has 3 aliphatic heterocycles. The van der Waals surface area contributed by atoms with Crippen molar-refractivity contribution in [3.8, 4) is 5.75 Å². The molecule has 3 aliphatic carbocycles. The molecule has 4 atom stereocenters. The molecule has 1 unspecified atom stereocenters. The maximum atomic E-state index is 13.2. The molecule has 1 aromatic heterocycles. The number of fused-ring (bicyclic) bond motifs is 4. The number of aryl methyl sites for hydroxylation is 3. The zero-order valence-electron chi connectivity index (χ0n) is 21.4. The number of benzene rings is 3. The first-order valence-electron chi connectivity index (χ1n) is 14.4. The lowest BCUT2D eigenvalue weighted by molar-refractivity contribution is -0.173. The highest BCUT2D eigenvalue weighted by Gasteiger charge is 2.73. The fraction of sp³-hybridized carbons (Fsp3) is 0.455. The van der Waals surface area contributed by atoms with E-state index in [2.05, 4.69) is 58.9 Å². The van der Waals surface area contributed by atoms with Crippen molar-refractivity contribution in [1.82, 2.24) is 9.47 Å². The maximum absolute atomic E-state index is 13.2. The summed E-state index contributed by atoms with van der Waals surface area (Å²) in [5, 5.41) is 17.3. The third-order valence-electron chi connectivity index (χ3n) is 11.3. The number of hydrogen-bond acceptors (Lipinski definition) is 3. The summed E-state index contributed by atoms with van der Waals surface area (Å²) in [5.74, 6) is 1.89. The average molecular weight is 489 g/mol. The smallest absolute Gasteiger partial charge is 0.151 e. The Balaban J connectivity index is 1.30. The van der Waals surface area contributed by atoms with Gasteiger partial charge in [0, 0.05) is 41.9 Å². The lowest BCUT2D eigenvalue weighted by atomic mass is 9.49. The third-order valence-corrected chi connectivity index (χ3v) is 11.3. The van der Waals surface area contributed by atoms with Crippen LogP contribution in [0, 0.1) is 12.8 Å². The maximum Gasteiger partial charge on any atom is 0.151 e. The lowest BCUT2D eigenvalue weighted by Gasteiger charge is -2.63. The molecular formula is C33H32N2O2. The summed E-state index contributed by atoms with van der Waals surface area (Å²) >= 11 is 0. The Morgan fingerprint density at radius 2 is 1.97 bits per heavy atom. The molecule has 37 heavy (non-hydrogen) atoms. The molecule has 1 N–H and O–H groups in total. The van der Waals surface area contributed by atoms with Gasteiger partial charge >= 0.3 is 0 Å². The van der Waals surface area contributed by atoms with E-state index in [-0.39, 0.29) is 17.6 Å². The zero-order chi connectivity index (χ0) is 24.3. The molecule has 1 spiro atoms. The molecule has 2 fully saturated rings. The minimum absolute atomic E-state index is 0.116. The molecule has 0 amide bonds. The Kier molecular flexibility index (Phi) is 3.41. The quantitative estimate of drug-likeness (QED) is 0.413. The minimum atomic E-state index is -0.814. The van der Waals surface area contributed by atoms with Gasteiger partial charge in [-0.05, 0) is 79.1 Å². The van der Waals surface area contributed by atoms with Crippen LogP contribution in [0.5, 0.6) is 5.75 Å². The van der Waals surface area contributed by atoms with E-state index in [1.165, 1.54) is 68.0 Å². The van der Waals surface area contributed by atoms with Gasteiger partial charge in [0.05, 0.1) is 22.2 Å². The van der Waals surface area contributed by atoms with Gasteiger partial charge in [-0.25, -0.2) is 0 Å². The van der Waals surface area contributed by atoms with Gasteiger partial charge in [-0.1, -0.05) is 42.5 Å². The van der Waals surface area contributed by atoms with E-state index in [9.17, 15) is 5.11 Å². The Morgan fingerprint density at radius 3 is 2.86 bits per heavy atom. The Labute approximate surface area is 216 Å². The van der Waals surface area contributed by atoms with Crippen LogP contribution in [0.4, 0.5) is 0 Å². The van der Waals surface area contributed by atoms with Gasteiger partial charge in [-0.15, -0.1) is 0 Å². The van der Waals surface area contributed by atoms with Crippen LogP contribution in [-0.2, 0) is 31.2 Å². The van der Waals surface area contributed by atoms with E-state index >= 15 is 0 Å². The monoisotopic (exact) mass is 488 g/mol. The van der Waals surface area contributed by atoms with Crippen LogP contribution >= 0.6 is 0 Å². The molecule has 4 heteroatoms. The van der Waals surface area contributed by atoms with Crippen LogP contribution in [0.1, 0.15) is 58.9 Å². The van der Waals surface area contributed by atoms with Crippen molar-refractivity contribution in [3.05, 3.63) is 76.0 Å². The molecule has 10 rings (SSSR count). The lowest BCUT2D eigenvalue weighted by Crippen LogP contribution is -2.74. The minimum Gasteiger partial charge on any atom is -0.483 e. The molecule has 4 heterocycles. The molecule has 2 bridgehead atoms. The molecule has 6 aliphatic rings. The number of likely N-dealkylation sites (tertiary alicyclic amines) is 1. The van der Waals surface area contributed by atoms with Crippen molar-refractivity contribution in [3.63, 3.8) is 0 Å². The largest absolute Gasteiger partial charge is 0.483 e. The van der Waals surface area contributed by atoms with E-state index in [1.807, 2.05) is 0 Å². The van der Waals surface area contributed by atoms with Crippen LogP contribution < -0.4 is 4.74 Å².